The number of thiol groups is 1. The van der Waals surface area contributed by atoms with Crippen LogP contribution in [0.2, 0.25) is 0 Å². The Labute approximate surface area is 43.7 Å². The Bertz CT molecular complexity index is 46.9. The molecule has 29 valence electrons. The Hall–Kier alpha value is 0.339. The van der Waals surface area contributed by atoms with Crippen LogP contribution in [0.3, 0.4) is 0 Å². The third-order valence-electron chi connectivity index (χ3n) is 0.0913. The maximum absolute atomic E-state index is 9.57. The van der Waals surface area contributed by atoms with Crippen molar-refractivity contribution in [1.29, 1.82) is 0 Å². The van der Waals surface area contributed by atoms with Crippen LogP contribution in [0.1, 0.15) is 0 Å². The van der Waals surface area contributed by atoms with Gasteiger partial charge < -0.3 is 0 Å². The van der Waals surface area contributed by atoms with E-state index >= 15 is 0 Å². The summed E-state index contributed by atoms with van der Waals surface area (Å²) in [6.07, 6.45) is 0. The molecule has 0 spiro atoms. The summed E-state index contributed by atoms with van der Waals surface area (Å²) in [5.41, 5.74) is 0. The van der Waals surface area contributed by atoms with Crippen molar-refractivity contribution >= 4 is 33.6 Å². The Morgan fingerprint density at radius 2 is 2.20 bits per heavy atom. The summed E-state index contributed by atoms with van der Waals surface area (Å²) in [5, 5.41) is 0. The fraction of sp³-hybridized carbons (Fsp3) is 0. The molecule has 1 radical (unpaired) electrons. The molecule has 5 heavy (non-hydrogen) atoms. The number of carbonyl (C=O) groups is 1. The topological polar surface area (TPSA) is 29.1 Å². The fourth-order valence-electron chi connectivity index (χ4n) is 0. The zero-order valence-electron chi connectivity index (χ0n) is 2.26. The van der Waals surface area contributed by atoms with Gasteiger partial charge >= 0.3 is 43.1 Å². The van der Waals surface area contributed by atoms with Crippen molar-refractivity contribution < 1.29 is 4.79 Å². The standard InChI is InChI=1S/CH2NOSSe/c3-1(5)2-4/h4H,(H,2,3). The zero-order valence-corrected chi connectivity index (χ0v) is 4.87. The van der Waals surface area contributed by atoms with Gasteiger partial charge in [-0.3, -0.25) is 0 Å². The molecule has 0 aliphatic carbocycles. The van der Waals surface area contributed by atoms with E-state index in [4.69, 9.17) is 0 Å². The summed E-state index contributed by atoms with van der Waals surface area (Å²) in [6.45, 7) is 0. The van der Waals surface area contributed by atoms with Crippen LogP contribution in [0.5, 0.6) is 0 Å². The molecule has 0 fully saturated rings. The molecule has 0 heterocycles. The van der Waals surface area contributed by atoms with E-state index in [0.29, 0.717) is 0 Å². The zero-order chi connectivity index (χ0) is 4.28. The molecule has 0 aromatic heterocycles. The van der Waals surface area contributed by atoms with Crippen molar-refractivity contribution in [3.05, 3.63) is 0 Å². The van der Waals surface area contributed by atoms with E-state index < -0.39 is 0 Å². The molecule has 0 aliphatic rings. The van der Waals surface area contributed by atoms with E-state index in [0.717, 1.165) is 0 Å². The van der Waals surface area contributed by atoms with E-state index in [1.54, 1.807) is 0 Å². The van der Waals surface area contributed by atoms with Crippen LogP contribution >= 0.6 is 12.8 Å². The van der Waals surface area contributed by atoms with Gasteiger partial charge in [0.25, 0.3) is 0 Å². The van der Waals surface area contributed by atoms with Crippen molar-refractivity contribution in [3.63, 3.8) is 0 Å². The number of hydrogen-bond acceptors (Lipinski definition) is 2. The quantitative estimate of drug-likeness (QED) is 0.365. The van der Waals surface area contributed by atoms with Gasteiger partial charge in [0, 0.05) is 0 Å². The van der Waals surface area contributed by atoms with E-state index in [2.05, 4.69) is 28.8 Å². The van der Waals surface area contributed by atoms with E-state index in [1.807, 2.05) is 4.72 Å². The van der Waals surface area contributed by atoms with Crippen LogP contribution in [0.25, 0.3) is 0 Å². The van der Waals surface area contributed by atoms with Crippen molar-refractivity contribution in [2.75, 3.05) is 0 Å². The number of amides is 1. The number of rotatable bonds is 0. The molecular formula is CH2NOSSe. The second kappa shape index (κ2) is 2.57. The molecule has 1 N–H and O–H groups in total. The Kier molecular flexibility index (Phi) is 2.74. The van der Waals surface area contributed by atoms with Crippen LogP contribution < -0.4 is 4.72 Å². The van der Waals surface area contributed by atoms with Gasteiger partial charge in [0.15, 0.2) is 0 Å². The van der Waals surface area contributed by atoms with Gasteiger partial charge in [-0.15, -0.1) is 0 Å². The van der Waals surface area contributed by atoms with Crippen molar-refractivity contribution in [3.8, 4) is 0 Å². The number of nitrogens with one attached hydrogen (secondary N) is 1. The van der Waals surface area contributed by atoms with Crippen LogP contribution in [0.15, 0.2) is 0 Å². The second-order valence-corrected chi connectivity index (χ2v) is 1.40. The van der Waals surface area contributed by atoms with Gasteiger partial charge in [0.1, 0.15) is 0 Å². The Balaban J connectivity index is 2.85. The van der Waals surface area contributed by atoms with Crippen LogP contribution in [-0.2, 0) is 0 Å². The number of hydrogen-bond donors (Lipinski definition) is 2. The van der Waals surface area contributed by atoms with E-state index in [-0.39, 0.29) is 4.81 Å². The van der Waals surface area contributed by atoms with Crippen LogP contribution in [0.4, 0.5) is 4.79 Å². The molecule has 0 saturated carbocycles. The summed E-state index contributed by atoms with van der Waals surface area (Å²) >= 11 is 5.55. The van der Waals surface area contributed by atoms with Gasteiger partial charge in [-0.1, -0.05) is 0 Å². The van der Waals surface area contributed by atoms with Crippen molar-refractivity contribution in [2.24, 2.45) is 0 Å². The first-order chi connectivity index (χ1) is 2.27. The molecule has 0 unspecified atom stereocenters. The first kappa shape index (κ1) is 5.34. The van der Waals surface area contributed by atoms with E-state index in [1.165, 1.54) is 0 Å². The predicted molar refractivity (Wildman–Crippen MR) is 23.3 cm³/mol. The molecule has 0 aromatic rings. The van der Waals surface area contributed by atoms with Crippen molar-refractivity contribution in [1.82, 2.24) is 4.72 Å². The molecule has 0 aromatic carbocycles. The molecule has 1 amide bonds. The third-order valence-corrected chi connectivity index (χ3v) is 0.848. The summed E-state index contributed by atoms with van der Waals surface area (Å²) < 4.78 is 2.03. The summed E-state index contributed by atoms with van der Waals surface area (Å²) in [5.74, 6) is 0. The normalized spacial score (nSPS) is 6.60. The van der Waals surface area contributed by atoms with Gasteiger partial charge in [0.2, 0.25) is 0 Å². The molecular weight excluding hydrogens is 153 g/mol. The Morgan fingerprint density at radius 3 is 2.20 bits per heavy atom. The molecule has 0 aliphatic heterocycles. The van der Waals surface area contributed by atoms with Crippen LogP contribution in [0, 0.1) is 0 Å². The Morgan fingerprint density at radius 1 is 2.00 bits per heavy atom. The molecule has 0 bridgehead atoms. The maximum atomic E-state index is 9.57. The minimum absolute atomic E-state index is 0.256. The fourth-order valence-corrected chi connectivity index (χ4v) is 0. The average molecular weight is 155 g/mol. The van der Waals surface area contributed by atoms with E-state index in [9.17, 15) is 4.79 Å². The minimum atomic E-state index is -0.256. The first-order valence-corrected chi connectivity index (χ1v) is 2.19. The van der Waals surface area contributed by atoms with Gasteiger partial charge in [-0.2, -0.15) is 0 Å². The first-order valence-electron chi connectivity index (χ1n) is 0.882. The summed E-state index contributed by atoms with van der Waals surface area (Å²) in [7, 11) is 0. The summed E-state index contributed by atoms with van der Waals surface area (Å²) in [4.78, 5) is 9.31. The SMILES string of the molecule is O=C([Se])NS. The number of carbonyl (C=O) groups excluding carboxylic acids is 1. The predicted octanol–water partition coefficient (Wildman–Crippen LogP) is -0.291. The van der Waals surface area contributed by atoms with Gasteiger partial charge in [0.05, 0.1) is 0 Å². The van der Waals surface area contributed by atoms with Crippen LogP contribution in [-0.4, -0.2) is 20.8 Å². The van der Waals surface area contributed by atoms with Gasteiger partial charge in [-0.25, -0.2) is 0 Å². The molecule has 2 nitrogen and oxygen atoms in total. The molecule has 0 atom stereocenters. The monoisotopic (exact) mass is 156 g/mol. The van der Waals surface area contributed by atoms with Gasteiger partial charge in [-0.05, 0) is 0 Å². The second-order valence-electron chi connectivity index (χ2n) is 0.399. The summed E-state index contributed by atoms with van der Waals surface area (Å²) in [6, 6.07) is 0. The molecule has 0 rings (SSSR count). The average Bonchev–Trinajstić information content (AvgIpc) is 1.38. The van der Waals surface area contributed by atoms with Crippen molar-refractivity contribution in [2.45, 2.75) is 0 Å². The molecule has 0 saturated heterocycles. The molecule has 4 heteroatoms. The third kappa shape index (κ3) is 4.34.